The molecule has 3 aromatic rings. The van der Waals surface area contributed by atoms with Gasteiger partial charge in [0.25, 0.3) is 5.89 Å². The molecule has 2 heterocycles. The number of furan rings is 1. The number of nitrogens with two attached hydrogens (primary N) is 1. The first-order valence-corrected chi connectivity index (χ1v) is 7.97. The van der Waals surface area contributed by atoms with Crippen LogP contribution in [0, 0.1) is 6.92 Å². The number of aryl methyl sites for hydroxylation is 1. The number of nitrogen functional groups attached to an aromatic ring is 1. The van der Waals surface area contributed by atoms with E-state index in [1.54, 1.807) is 23.9 Å². The van der Waals surface area contributed by atoms with E-state index in [0.717, 1.165) is 16.1 Å². The predicted octanol–water partition coefficient (Wildman–Crippen LogP) is 4.28. The van der Waals surface area contributed by atoms with E-state index >= 15 is 0 Å². The average molecular weight is 366 g/mol. The van der Waals surface area contributed by atoms with E-state index in [-0.39, 0.29) is 0 Å². The minimum Gasteiger partial charge on any atom is -0.444 e. The third-order valence-electron chi connectivity index (χ3n) is 2.80. The summed E-state index contributed by atoms with van der Waals surface area (Å²) in [5.74, 6) is 2.08. The fraction of sp³-hybridized carbons (Fsp3) is 0.143. The topological polar surface area (TPSA) is 78.1 Å². The smallest absolute Gasteiger partial charge is 0.283 e. The van der Waals surface area contributed by atoms with Crippen LogP contribution in [0.5, 0.6) is 0 Å². The predicted molar refractivity (Wildman–Crippen MR) is 84.9 cm³/mol. The molecule has 0 fully saturated rings. The van der Waals surface area contributed by atoms with Crippen molar-refractivity contribution in [2.24, 2.45) is 0 Å². The van der Waals surface area contributed by atoms with Gasteiger partial charge in [-0.15, -0.1) is 22.0 Å². The van der Waals surface area contributed by atoms with E-state index in [9.17, 15) is 0 Å². The SMILES string of the molecule is Cc1cc(N)ccc1SCc1nnc(-c2ccc(Br)o2)o1. The van der Waals surface area contributed by atoms with Crippen molar-refractivity contribution >= 4 is 33.4 Å². The van der Waals surface area contributed by atoms with Crippen molar-refractivity contribution in [1.29, 1.82) is 0 Å². The summed E-state index contributed by atoms with van der Waals surface area (Å²) in [6.45, 7) is 2.03. The Morgan fingerprint density at radius 1 is 1.19 bits per heavy atom. The van der Waals surface area contributed by atoms with Gasteiger partial charge in [-0.3, -0.25) is 0 Å². The van der Waals surface area contributed by atoms with Crippen LogP contribution in [0.25, 0.3) is 11.7 Å². The molecule has 2 N–H and O–H groups in total. The number of hydrogen-bond donors (Lipinski definition) is 1. The van der Waals surface area contributed by atoms with E-state index in [4.69, 9.17) is 14.6 Å². The van der Waals surface area contributed by atoms with E-state index in [1.807, 2.05) is 25.1 Å². The van der Waals surface area contributed by atoms with Crippen LogP contribution in [0.15, 0.2) is 48.7 Å². The van der Waals surface area contributed by atoms with Crippen molar-refractivity contribution < 1.29 is 8.83 Å². The Kier molecular flexibility index (Phi) is 4.03. The molecule has 21 heavy (non-hydrogen) atoms. The Hall–Kier alpha value is -1.73. The van der Waals surface area contributed by atoms with E-state index < -0.39 is 0 Å². The fourth-order valence-electron chi connectivity index (χ4n) is 1.81. The maximum Gasteiger partial charge on any atom is 0.283 e. The first kappa shape index (κ1) is 14.2. The van der Waals surface area contributed by atoms with Crippen molar-refractivity contribution in [3.05, 3.63) is 46.5 Å². The summed E-state index contributed by atoms with van der Waals surface area (Å²) in [4.78, 5) is 1.14. The van der Waals surface area contributed by atoms with Gasteiger partial charge in [0.1, 0.15) is 0 Å². The Morgan fingerprint density at radius 2 is 2.05 bits per heavy atom. The lowest BCUT2D eigenvalue weighted by Gasteiger charge is -2.04. The molecule has 0 spiro atoms. The maximum absolute atomic E-state index is 5.74. The molecule has 5 nitrogen and oxygen atoms in total. The van der Waals surface area contributed by atoms with Gasteiger partial charge in [-0.05, 0) is 58.7 Å². The van der Waals surface area contributed by atoms with E-state index in [0.29, 0.717) is 28.0 Å². The van der Waals surface area contributed by atoms with Crippen LogP contribution in [-0.4, -0.2) is 10.2 Å². The molecule has 0 saturated carbocycles. The highest BCUT2D eigenvalue weighted by Crippen LogP contribution is 2.29. The molecule has 0 atom stereocenters. The summed E-state index contributed by atoms with van der Waals surface area (Å²) >= 11 is 4.87. The molecule has 108 valence electrons. The van der Waals surface area contributed by atoms with Crippen LogP contribution in [0.3, 0.4) is 0 Å². The molecule has 0 bridgehead atoms. The summed E-state index contributed by atoms with van der Waals surface area (Å²) < 4.78 is 11.6. The number of hydrogen-bond acceptors (Lipinski definition) is 6. The largest absolute Gasteiger partial charge is 0.444 e. The van der Waals surface area contributed by atoms with Crippen LogP contribution in [0.1, 0.15) is 11.5 Å². The number of rotatable bonds is 4. The van der Waals surface area contributed by atoms with Gasteiger partial charge in [-0.25, -0.2) is 0 Å². The van der Waals surface area contributed by atoms with Gasteiger partial charge >= 0.3 is 0 Å². The van der Waals surface area contributed by atoms with Gasteiger partial charge in [0.2, 0.25) is 5.89 Å². The third kappa shape index (κ3) is 3.30. The summed E-state index contributed by atoms with van der Waals surface area (Å²) in [6, 6.07) is 9.39. The zero-order valence-corrected chi connectivity index (χ0v) is 13.6. The highest BCUT2D eigenvalue weighted by molar-refractivity contribution is 9.10. The molecule has 1 aromatic carbocycles. The molecular weight excluding hydrogens is 354 g/mol. The molecule has 2 aromatic heterocycles. The van der Waals surface area contributed by atoms with Crippen LogP contribution >= 0.6 is 27.7 Å². The van der Waals surface area contributed by atoms with Gasteiger partial charge in [0, 0.05) is 10.6 Å². The van der Waals surface area contributed by atoms with Crippen molar-refractivity contribution in [1.82, 2.24) is 10.2 Å². The number of benzene rings is 1. The van der Waals surface area contributed by atoms with Gasteiger partial charge in [-0.1, -0.05) is 0 Å². The number of aromatic nitrogens is 2. The third-order valence-corrected chi connectivity index (χ3v) is 4.39. The summed E-state index contributed by atoms with van der Waals surface area (Å²) in [6.07, 6.45) is 0. The second-order valence-corrected chi connectivity index (χ2v) is 6.22. The molecule has 0 radical (unpaired) electrons. The van der Waals surface area contributed by atoms with Crippen LogP contribution in [0.4, 0.5) is 5.69 Å². The summed E-state index contributed by atoms with van der Waals surface area (Å²) in [7, 11) is 0. The zero-order valence-electron chi connectivity index (χ0n) is 11.2. The molecule has 7 heteroatoms. The molecule has 0 amide bonds. The Labute approximate surface area is 134 Å². The molecule has 0 aliphatic carbocycles. The average Bonchev–Trinajstić information content (AvgIpc) is 3.06. The first-order valence-electron chi connectivity index (χ1n) is 6.19. The highest BCUT2D eigenvalue weighted by atomic mass is 79.9. The van der Waals surface area contributed by atoms with Gasteiger partial charge < -0.3 is 14.6 Å². The van der Waals surface area contributed by atoms with Crippen molar-refractivity contribution in [3.8, 4) is 11.7 Å². The maximum atomic E-state index is 5.74. The second kappa shape index (κ2) is 5.95. The lowest BCUT2D eigenvalue weighted by molar-refractivity contribution is 0.486. The molecule has 0 saturated heterocycles. The van der Waals surface area contributed by atoms with Crippen LogP contribution in [0.2, 0.25) is 0 Å². The van der Waals surface area contributed by atoms with Crippen molar-refractivity contribution in [2.45, 2.75) is 17.6 Å². The molecule has 0 unspecified atom stereocenters. The minimum absolute atomic E-state index is 0.380. The monoisotopic (exact) mass is 365 g/mol. The normalized spacial score (nSPS) is 11.0. The van der Waals surface area contributed by atoms with E-state index in [1.165, 1.54) is 0 Å². The number of nitrogens with zero attached hydrogens (tertiary/aromatic N) is 2. The number of thioether (sulfide) groups is 1. The second-order valence-electron chi connectivity index (χ2n) is 4.42. The summed E-state index contributed by atoms with van der Waals surface area (Å²) in [5.41, 5.74) is 7.64. The Morgan fingerprint density at radius 3 is 2.76 bits per heavy atom. The number of anilines is 1. The Balaban J connectivity index is 1.70. The molecule has 0 aliphatic rings. The van der Waals surface area contributed by atoms with Crippen LogP contribution in [-0.2, 0) is 5.75 Å². The van der Waals surface area contributed by atoms with Crippen LogP contribution < -0.4 is 5.73 Å². The Bertz CT molecular complexity index is 769. The summed E-state index contributed by atoms with van der Waals surface area (Å²) in [5, 5.41) is 8.01. The minimum atomic E-state index is 0.380. The number of halogens is 1. The standard InChI is InChI=1S/C14H12BrN3O2S/c1-8-6-9(16)2-4-11(8)21-7-13-17-18-14(20-13)10-3-5-12(15)19-10/h2-6H,7,16H2,1H3. The first-order chi connectivity index (χ1) is 10.1. The zero-order chi connectivity index (χ0) is 14.8. The lowest BCUT2D eigenvalue weighted by atomic mass is 10.2. The van der Waals surface area contributed by atoms with Gasteiger partial charge in [0.15, 0.2) is 10.4 Å². The highest BCUT2D eigenvalue weighted by Gasteiger charge is 2.12. The lowest BCUT2D eigenvalue weighted by Crippen LogP contribution is -1.88. The van der Waals surface area contributed by atoms with Crippen molar-refractivity contribution in [3.63, 3.8) is 0 Å². The quantitative estimate of drug-likeness (QED) is 0.549. The van der Waals surface area contributed by atoms with Gasteiger partial charge in [-0.2, -0.15) is 0 Å². The molecule has 0 aliphatic heterocycles. The van der Waals surface area contributed by atoms with E-state index in [2.05, 4.69) is 26.1 Å². The van der Waals surface area contributed by atoms with Crippen molar-refractivity contribution in [2.75, 3.05) is 5.73 Å². The van der Waals surface area contributed by atoms with Gasteiger partial charge in [0.05, 0.1) is 5.75 Å². The molecular formula is C14H12BrN3O2S. The molecule has 3 rings (SSSR count). The fourth-order valence-corrected chi connectivity index (χ4v) is 2.97.